The summed E-state index contributed by atoms with van der Waals surface area (Å²) in [6.07, 6.45) is 0. The van der Waals surface area contributed by atoms with Crippen LogP contribution in [0.1, 0.15) is 28.4 Å². The van der Waals surface area contributed by atoms with Crippen LogP contribution in [0.4, 0.5) is 11.4 Å². The number of nitro benzene ring substituents is 2. The minimum atomic E-state index is -0.801. The molecule has 0 aliphatic heterocycles. The fraction of sp³-hybridized carbons (Fsp3) is 0.125. The van der Waals surface area contributed by atoms with Crippen molar-refractivity contribution < 1.29 is 14.6 Å². The summed E-state index contributed by atoms with van der Waals surface area (Å²) in [5.41, 5.74) is 3.32. The van der Waals surface area contributed by atoms with Crippen molar-refractivity contribution in [1.82, 2.24) is 5.43 Å². The topological polar surface area (TPSA) is 128 Å². The summed E-state index contributed by atoms with van der Waals surface area (Å²) in [4.78, 5) is 32.2. The average Bonchev–Trinajstić information content (AvgIpc) is 2.59. The molecule has 0 unspecified atom stereocenters. The third kappa shape index (κ3) is 4.44. The molecule has 0 aliphatic rings. The first-order valence-electron chi connectivity index (χ1n) is 7.13. The van der Waals surface area contributed by atoms with Crippen molar-refractivity contribution >= 4 is 23.0 Å². The third-order valence-corrected chi connectivity index (χ3v) is 3.38. The van der Waals surface area contributed by atoms with E-state index in [1.165, 1.54) is 0 Å². The quantitative estimate of drug-likeness (QED) is 0.507. The summed E-state index contributed by atoms with van der Waals surface area (Å²) in [6, 6.07) is 10.1. The lowest BCUT2D eigenvalue weighted by Gasteiger charge is -2.04. The Morgan fingerprint density at radius 3 is 1.96 bits per heavy atom. The molecule has 2 aromatic carbocycles. The SMILES string of the molecule is CC(=NNC(=O)c1cc([N+](=O)[O-])cc([N+](=O)[O-])c1)c1ccc(C)cc1. The van der Waals surface area contributed by atoms with Gasteiger partial charge in [-0.2, -0.15) is 5.10 Å². The van der Waals surface area contributed by atoms with Crippen LogP contribution < -0.4 is 5.43 Å². The Bertz CT molecular complexity index is 842. The van der Waals surface area contributed by atoms with Crippen molar-refractivity contribution in [1.29, 1.82) is 0 Å². The van der Waals surface area contributed by atoms with Crippen molar-refractivity contribution in [2.75, 3.05) is 0 Å². The normalized spacial score (nSPS) is 11.0. The Balaban J connectivity index is 2.25. The monoisotopic (exact) mass is 342 g/mol. The highest BCUT2D eigenvalue weighted by Crippen LogP contribution is 2.22. The van der Waals surface area contributed by atoms with Crippen molar-refractivity contribution in [3.8, 4) is 0 Å². The lowest BCUT2D eigenvalue weighted by Crippen LogP contribution is -2.19. The second-order valence-electron chi connectivity index (χ2n) is 5.26. The molecule has 0 aliphatic carbocycles. The number of benzene rings is 2. The molecule has 0 saturated carbocycles. The number of hydrogen-bond donors (Lipinski definition) is 1. The molecule has 0 aromatic heterocycles. The van der Waals surface area contributed by atoms with Crippen LogP contribution in [-0.4, -0.2) is 21.5 Å². The third-order valence-electron chi connectivity index (χ3n) is 3.38. The number of aryl methyl sites for hydroxylation is 1. The van der Waals surface area contributed by atoms with Crippen LogP contribution >= 0.6 is 0 Å². The Hall–Kier alpha value is -3.62. The zero-order chi connectivity index (χ0) is 18.6. The molecule has 1 amide bonds. The molecular formula is C16H14N4O5. The number of non-ortho nitro benzene ring substituents is 2. The van der Waals surface area contributed by atoms with Crippen molar-refractivity contribution in [3.05, 3.63) is 79.4 Å². The van der Waals surface area contributed by atoms with Crippen molar-refractivity contribution in [2.24, 2.45) is 5.10 Å². The summed E-state index contributed by atoms with van der Waals surface area (Å²) < 4.78 is 0. The van der Waals surface area contributed by atoms with Crippen LogP contribution in [0, 0.1) is 27.2 Å². The first kappa shape index (κ1) is 17.7. The molecule has 2 rings (SSSR count). The van der Waals surface area contributed by atoms with Gasteiger partial charge in [-0.3, -0.25) is 25.0 Å². The van der Waals surface area contributed by atoms with E-state index in [0.717, 1.165) is 29.3 Å². The molecule has 0 spiro atoms. The van der Waals surface area contributed by atoms with Gasteiger partial charge < -0.3 is 0 Å². The fourth-order valence-corrected chi connectivity index (χ4v) is 2.00. The van der Waals surface area contributed by atoms with Crippen molar-refractivity contribution in [2.45, 2.75) is 13.8 Å². The summed E-state index contributed by atoms with van der Waals surface area (Å²) in [5.74, 6) is -0.779. The van der Waals surface area contributed by atoms with Gasteiger partial charge >= 0.3 is 0 Å². The molecule has 0 heterocycles. The summed E-state index contributed by atoms with van der Waals surface area (Å²) in [7, 11) is 0. The minimum Gasteiger partial charge on any atom is -0.267 e. The van der Waals surface area contributed by atoms with E-state index in [0.29, 0.717) is 5.71 Å². The van der Waals surface area contributed by atoms with E-state index in [9.17, 15) is 25.0 Å². The zero-order valence-electron chi connectivity index (χ0n) is 13.4. The number of nitro groups is 2. The maximum Gasteiger partial charge on any atom is 0.277 e. The molecule has 0 fully saturated rings. The Morgan fingerprint density at radius 1 is 0.960 bits per heavy atom. The average molecular weight is 342 g/mol. The number of carbonyl (C=O) groups is 1. The second kappa shape index (κ2) is 7.30. The predicted octanol–water partition coefficient (Wildman–Crippen LogP) is 2.97. The van der Waals surface area contributed by atoms with E-state index in [-0.39, 0.29) is 5.56 Å². The van der Waals surface area contributed by atoms with Crippen LogP contribution in [-0.2, 0) is 0 Å². The molecule has 0 saturated heterocycles. The lowest BCUT2D eigenvalue weighted by atomic mass is 10.1. The molecule has 9 heteroatoms. The Morgan fingerprint density at radius 2 is 1.48 bits per heavy atom. The van der Waals surface area contributed by atoms with Crippen LogP contribution in [0.25, 0.3) is 0 Å². The fourth-order valence-electron chi connectivity index (χ4n) is 2.00. The number of carbonyl (C=O) groups excluding carboxylic acids is 1. The molecule has 0 bridgehead atoms. The van der Waals surface area contributed by atoms with Crippen LogP contribution in [0.5, 0.6) is 0 Å². The first-order chi connectivity index (χ1) is 11.8. The largest absolute Gasteiger partial charge is 0.277 e. The van der Waals surface area contributed by atoms with Crippen LogP contribution in [0.2, 0.25) is 0 Å². The lowest BCUT2D eigenvalue weighted by molar-refractivity contribution is -0.394. The second-order valence-corrected chi connectivity index (χ2v) is 5.26. The standard InChI is InChI=1S/C16H14N4O5/c1-10-3-5-12(6-4-10)11(2)17-18-16(21)13-7-14(19(22)23)9-15(8-13)20(24)25/h3-9H,1-2H3,(H,18,21). The van der Waals surface area contributed by atoms with E-state index < -0.39 is 27.1 Å². The minimum absolute atomic E-state index is 0.221. The van der Waals surface area contributed by atoms with E-state index in [1.807, 2.05) is 31.2 Å². The molecule has 1 N–H and O–H groups in total. The smallest absolute Gasteiger partial charge is 0.267 e. The highest BCUT2D eigenvalue weighted by atomic mass is 16.6. The summed E-state index contributed by atoms with van der Waals surface area (Å²) >= 11 is 0. The maximum atomic E-state index is 12.1. The van der Waals surface area contributed by atoms with Gasteiger partial charge in [0.25, 0.3) is 17.3 Å². The molecule has 25 heavy (non-hydrogen) atoms. The van der Waals surface area contributed by atoms with Gasteiger partial charge in [0.2, 0.25) is 0 Å². The number of rotatable bonds is 5. The summed E-state index contributed by atoms with van der Waals surface area (Å²) in [6.45, 7) is 3.62. The van der Waals surface area contributed by atoms with E-state index in [4.69, 9.17) is 0 Å². The predicted molar refractivity (Wildman–Crippen MR) is 90.6 cm³/mol. The molecule has 128 valence electrons. The zero-order valence-corrected chi connectivity index (χ0v) is 13.4. The summed E-state index contributed by atoms with van der Waals surface area (Å²) in [5, 5.41) is 25.6. The molecule has 2 aromatic rings. The van der Waals surface area contributed by atoms with Gasteiger partial charge in [0.05, 0.1) is 27.2 Å². The first-order valence-corrected chi connectivity index (χ1v) is 7.13. The maximum absolute atomic E-state index is 12.1. The van der Waals surface area contributed by atoms with Gasteiger partial charge in [-0.1, -0.05) is 29.8 Å². The van der Waals surface area contributed by atoms with Gasteiger partial charge in [-0.15, -0.1) is 0 Å². The van der Waals surface area contributed by atoms with Gasteiger partial charge in [-0.25, -0.2) is 5.43 Å². The van der Waals surface area contributed by atoms with E-state index >= 15 is 0 Å². The number of nitrogens with zero attached hydrogens (tertiary/aromatic N) is 3. The highest BCUT2D eigenvalue weighted by Gasteiger charge is 2.19. The van der Waals surface area contributed by atoms with Crippen molar-refractivity contribution in [3.63, 3.8) is 0 Å². The molecule has 9 nitrogen and oxygen atoms in total. The van der Waals surface area contributed by atoms with E-state index in [2.05, 4.69) is 10.5 Å². The van der Waals surface area contributed by atoms with Crippen LogP contribution in [0.15, 0.2) is 47.6 Å². The number of hydrazone groups is 1. The van der Waals surface area contributed by atoms with Gasteiger partial charge in [-0.05, 0) is 19.4 Å². The van der Waals surface area contributed by atoms with Crippen LogP contribution in [0.3, 0.4) is 0 Å². The highest BCUT2D eigenvalue weighted by molar-refractivity contribution is 6.01. The molecule has 0 radical (unpaired) electrons. The number of amides is 1. The van der Waals surface area contributed by atoms with Gasteiger partial charge in [0.1, 0.15) is 0 Å². The molecule has 0 atom stereocenters. The van der Waals surface area contributed by atoms with E-state index in [1.54, 1.807) is 6.92 Å². The number of hydrogen-bond acceptors (Lipinski definition) is 6. The van der Waals surface area contributed by atoms with Gasteiger partial charge in [0.15, 0.2) is 0 Å². The Labute approximate surface area is 142 Å². The number of nitrogens with one attached hydrogen (secondary N) is 1. The van der Waals surface area contributed by atoms with Gasteiger partial charge in [0, 0.05) is 12.1 Å². The Kier molecular flexibility index (Phi) is 5.18. The molecular weight excluding hydrogens is 328 g/mol.